The molecule has 6 atom stereocenters. The molecule has 0 aromatic carbocycles. The van der Waals surface area contributed by atoms with Crippen molar-refractivity contribution in [2.75, 3.05) is 39.6 Å². The van der Waals surface area contributed by atoms with E-state index in [1.807, 2.05) is 0 Å². The van der Waals surface area contributed by atoms with Crippen LogP contribution in [-0.4, -0.2) is 96.7 Å². The molecule has 3 unspecified atom stereocenters. The lowest BCUT2D eigenvalue weighted by atomic mass is 10.00. The Labute approximate surface area is 562 Å². The zero-order chi connectivity index (χ0) is 67.9. The summed E-state index contributed by atoms with van der Waals surface area (Å²) in [6, 6.07) is 0. The summed E-state index contributed by atoms with van der Waals surface area (Å²) in [4.78, 5) is 72.6. The molecule has 3 N–H and O–H groups in total. The number of rotatable bonds is 72. The van der Waals surface area contributed by atoms with Crippen LogP contribution in [0.3, 0.4) is 0 Å². The van der Waals surface area contributed by atoms with Gasteiger partial charge >= 0.3 is 39.5 Å². The molecule has 92 heavy (non-hydrogen) atoms. The number of phosphoric acid groups is 2. The van der Waals surface area contributed by atoms with E-state index in [0.29, 0.717) is 25.7 Å². The lowest BCUT2D eigenvalue weighted by Gasteiger charge is -2.21. The van der Waals surface area contributed by atoms with Gasteiger partial charge in [0.25, 0.3) is 0 Å². The highest BCUT2D eigenvalue weighted by atomic mass is 31.2. The third-order valence-electron chi connectivity index (χ3n) is 17.3. The molecule has 0 aromatic heterocycles. The van der Waals surface area contributed by atoms with E-state index in [-0.39, 0.29) is 25.7 Å². The Hall–Kier alpha value is -1.94. The average molecular weight is 1350 g/mol. The van der Waals surface area contributed by atoms with Gasteiger partial charge in [0.15, 0.2) is 12.2 Å². The Balaban J connectivity index is 5.20. The number of carbonyl (C=O) groups is 4. The monoisotopic (exact) mass is 1350 g/mol. The van der Waals surface area contributed by atoms with Gasteiger partial charge in [0.2, 0.25) is 0 Å². The Morgan fingerprint density at radius 2 is 0.554 bits per heavy atom. The first-order valence-corrected chi connectivity index (χ1v) is 41.0. The first-order valence-electron chi connectivity index (χ1n) is 38.0. The summed E-state index contributed by atoms with van der Waals surface area (Å²) in [5.41, 5.74) is 0. The van der Waals surface area contributed by atoms with E-state index < -0.39 is 97.5 Å². The van der Waals surface area contributed by atoms with Crippen molar-refractivity contribution in [3.63, 3.8) is 0 Å². The lowest BCUT2D eigenvalue weighted by Crippen LogP contribution is -2.30. The van der Waals surface area contributed by atoms with Gasteiger partial charge in [-0.2, -0.15) is 0 Å². The molecular weight excluding hydrogens is 1210 g/mol. The number of hydrogen-bond donors (Lipinski definition) is 3. The molecule has 17 nitrogen and oxygen atoms in total. The van der Waals surface area contributed by atoms with Gasteiger partial charge in [-0.05, 0) is 37.5 Å². The molecule has 0 amide bonds. The Kier molecular flexibility index (Phi) is 63.7. The molecule has 0 aliphatic heterocycles. The van der Waals surface area contributed by atoms with Crippen LogP contribution in [0.2, 0.25) is 0 Å². The number of unbranched alkanes of at least 4 members (excludes halogenated alkanes) is 41. The van der Waals surface area contributed by atoms with Gasteiger partial charge in [-0.1, -0.05) is 324 Å². The molecular formula is C73H142O17P2. The van der Waals surface area contributed by atoms with E-state index in [9.17, 15) is 43.2 Å². The molecule has 0 aliphatic rings. The summed E-state index contributed by atoms with van der Waals surface area (Å²) < 4.78 is 68.3. The van der Waals surface area contributed by atoms with Crippen molar-refractivity contribution < 1.29 is 80.2 Å². The minimum atomic E-state index is -4.95. The molecule has 0 rings (SSSR count). The number of aliphatic hydroxyl groups is 1. The highest BCUT2D eigenvalue weighted by Gasteiger charge is 2.30. The van der Waals surface area contributed by atoms with Crippen LogP contribution in [0.25, 0.3) is 0 Å². The van der Waals surface area contributed by atoms with Gasteiger partial charge in [0, 0.05) is 25.7 Å². The van der Waals surface area contributed by atoms with Crippen LogP contribution in [0.5, 0.6) is 0 Å². The second-order valence-electron chi connectivity index (χ2n) is 27.1. The molecule has 0 fully saturated rings. The fourth-order valence-corrected chi connectivity index (χ4v) is 12.7. The second kappa shape index (κ2) is 65.0. The maximum Gasteiger partial charge on any atom is 0.472 e. The summed E-state index contributed by atoms with van der Waals surface area (Å²) in [5.74, 6) is -0.601. The molecule has 0 radical (unpaired) electrons. The number of esters is 4. The third kappa shape index (κ3) is 65.4. The van der Waals surface area contributed by atoms with Crippen molar-refractivity contribution in [3.05, 3.63) is 0 Å². The highest BCUT2D eigenvalue weighted by molar-refractivity contribution is 7.47. The summed E-state index contributed by atoms with van der Waals surface area (Å²) in [5, 5.41) is 10.6. The Bertz CT molecular complexity index is 1790. The van der Waals surface area contributed by atoms with Gasteiger partial charge in [-0.25, -0.2) is 9.13 Å². The van der Waals surface area contributed by atoms with Gasteiger partial charge in [0.05, 0.1) is 26.4 Å². The fourth-order valence-electron chi connectivity index (χ4n) is 11.1. The molecule has 19 heteroatoms. The molecule has 0 spiro atoms. The summed E-state index contributed by atoms with van der Waals surface area (Å²) >= 11 is 0. The number of aliphatic hydroxyl groups excluding tert-OH is 1. The van der Waals surface area contributed by atoms with Crippen LogP contribution in [0.4, 0.5) is 0 Å². The third-order valence-corrected chi connectivity index (χ3v) is 19.2. The van der Waals surface area contributed by atoms with E-state index in [2.05, 4.69) is 41.5 Å². The van der Waals surface area contributed by atoms with E-state index in [0.717, 1.165) is 108 Å². The fraction of sp³-hybridized carbons (Fsp3) is 0.945. The van der Waals surface area contributed by atoms with E-state index in [4.69, 9.17) is 37.0 Å². The molecule has 0 saturated heterocycles. The van der Waals surface area contributed by atoms with E-state index in [1.54, 1.807) is 0 Å². The van der Waals surface area contributed by atoms with Gasteiger partial charge < -0.3 is 33.8 Å². The van der Waals surface area contributed by atoms with Crippen LogP contribution in [0.1, 0.15) is 375 Å². The highest BCUT2D eigenvalue weighted by Crippen LogP contribution is 2.45. The summed E-state index contributed by atoms with van der Waals surface area (Å²) in [7, 11) is -9.90. The van der Waals surface area contributed by atoms with Gasteiger partial charge in [-0.3, -0.25) is 37.3 Å². The topological polar surface area (TPSA) is 237 Å². The van der Waals surface area contributed by atoms with Gasteiger partial charge in [0.1, 0.15) is 19.3 Å². The smallest absolute Gasteiger partial charge is 0.462 e. The largest absolute Gasteiger partial charge is 0.472 e. The van der Waals surface area contributed by atoms with E-state index >= 15 is 0 Å². The zero-order valence-electron chi connectivity index (χ0n) is 59.9. The number of hydrogen-bond acceptors (Lipinski definition) is 15. The number of ether oxygens (including phenoxy) is 4. The first kappa shape index (κ1) is 90.1. The molecule has 0 aliphatic carbocycles. The van der Waals surface area contributed by atoms with Crippen molar-refractivity contribution in [2.24, 2.45) is 11.8 Å². The standard InChI is InChI=1S/C73H142O17P2/c1-7-10-12-14-16-18-19-20-21-24-27-30-33-37-44-50-56-71(76)84-61-68(89-72(77)57-51-45-38-34-31-28-25-22-23-26-29-32-35-41-47-53-65(4)5)63-87-91(79,80)85-59-67(74)60-86-92(81,82)88-64-69(62-83-70(75)55-49-43-36-17-15-13-11-8-2)90-73(78)58-52-46-40-39-42-48-54-66(6)9-3/h65-69,74H,7-64H2,1-6H3,(H,79,80)(H,81,82)/t66?,67-,68-,69-/m1/s1. The molecule has 0 heterocycles. The van der Waals surface area contributed by atoms with Crippen molar-refractivity contribution in [1.29, 1.82) is 0 Å². The van der Waals surface area contributed by atoms with Crippen molar-refractivity contribution in [1.82, 2.24) is 0 Å². The predicted molar refractivity (Wildman–Crippen MR) is 372 cm³/mol. The van der Waals surface area contributed by atoms with Crippen LogP contribution < -0.4 is 0 Å². The van der Waals surface area contributed by atoms with Crippen molar-refractivity contribution >= 4 is 39.5 Å². The minimum absolute atomic E-state index is 0.103. The van der Waals surface area contributed by atoms with Gasteiger partial charge in [-0.15, -0.1) is 0 Å². The Morgan fingerprint density at radius 1 is 0.315 bits per heavy atom. The van der Waals surface area contributed by atoms with Crippen LogP contribution in [0, 0.1) is 11.8 Å². The van der Waals surface area contributed by atoms with Crippen molar-refractivity contribution in [3.8, 4) is 0 Å². The maximum atomic E-state index is 13.1. The number of carbonyl (C=O) groups excluding carboxylic acids is 4. The predicted octanol–water partition coefficient (Wildman–Crippen LogP) is 21.2. The zero-order valence-corrected chi connectivity index (χ0v) is 61.6. The molecule has 0 saturated carbocycles. The average Bonchev–Trinajstić information content (AvgIpc) is 2.29. The quantitative estimate of drug-likeness (QED) is 0.0222. The first-order chi connectivity index (χ1) is 44.4. The minimum Gasteiger partial charge on any atom is -0.462 e. The summed E-state index contributed by atoms with van der Waals surface area (Å²) in [6.07, 6.45) is 51.5. The summed E-state index contributed by atoms with van der Waals surface area (Å²) in [6.45, 7) is 9.52. The van der Waals surface area contributed by atoms with Crippen LogP contribution in [0.15, 0.2) is 0 Å². The second-order valence-corrected chi connectivity index (χ2v) is 30.0. The molecule has 0 bridgehead atoms. The van der Waals surface area contributed by atoms with Crippen molar-refractivity contribution in [2.45, 2.75) is 394 Å². The molecule has 0 aromatic rings. The number of phosphoric ester groups is 2. The molecule has 546 valence electrons. The van der Waals surface area contributed by atoms with E-state index in [1.165, 1.54) is 186 Å². The van der Waals surface area contributed by atoms with Crippen LogP contribution >= 0.6 is 15.6 Å². The van der Waals surface area contributed by atoms with Crippen LogP contribution in [-0.2, 0) is 65.4 Å². The Morgan fingerprint density at radius 3 is 0.826 bits per heavy atom. The maximum absolute atomic E-state index is 13.1. The lowest BCUT2D eigenvalue weighted by molar-refractivity contribution is -0.161. The normalized spacial score (nSPS) is 14.4. The SMILES string of the molecule is CCCCCCCCCCCCCCCCCCC(=O)OC[C@H](COP(=O)(O)OC[C@@H](O)COP(=O)(O)OC[C@@H](COC(=O)CCCCCCCCCC)OC(=O)CCCCCCCCC(C)CC)OC(=O)CCCCCCCCCCCCCCCCCC(C)C.